The third-order valence-electron chi connectivity index (χ3n) is 3.17. The van der Waals surface area contributed by atoms with Crippen LogP contribution in [0.25, 0.3) is 0 Å². The Morgan fingerprint density at radius 3 is 3.00 bits per heavy atom. The number of hydrogen-bond donors (Lipinski definition) is 2. The van der Waals surface area contributed by atoms with Crippen molar-refractivity contribution < 1.29 is 9.53 Å². The topological polar surface area (TPSA) is 64.3 Å². The number of nitrogens with one attached hydrogen (secondary N) is 1. The minimum absolute atomic E-state index is 0.237. The second-order valence-corrected chi connectivity index (χ2v) is 5.33. The van der Waals surface area contributed by atoms with Crippen LogP contribution in [0.4, 0.5) is 0 Å². The van der Waals surface area contributed by atoms with Crippen molar-refractivity contribution in [3.63, 3.8) is 0 Å². The van der Waals surface area contributed by atoms with E-state index in [0.29, 0.717) is 17.4 Å². The molecule has 1 saturated carbocycles. The summed E-state index contributed by atoms with van der Waals surface area (Å²) in [6, 6.07) is 1.92. The molecule has 0 aliphatic heterocycles. The van der Waals surface area contributed by atoms with Crippen molar-refractivity contribution in [3.8, 4) is 0 Å². The first-order valence-electron chi connectivity index (χ1n) is 5.96. The number of thiophene rings is 1. The second kappa shape index (κ2) is 6.14. The van der Waals surface area contributed by atoms with Gasteiger partial charge in [0.2, 0.25) is 0 Å². The summed E-state index contributed by atoms with van der Waals surface area (Å²) in [5, 5.41) is 1.89. The van der Waals surface area contributed by atoms with Crippen LogP contribution >= 0.6 is 11.3 Å². The molecule has 0 saturated heterocycles. The maximum Gasteiger partial charge on any atom is 0.275 e. The number of hydrogen-bond acceptors (Lipinski definition) is 4. The van der Waals surface area contributed by atoms with E-state index in [4.69, 9.17) is 10.6 Å². The van der Waals surface area contributed by atoms with Gasteiger partial charge in [0.15, 0.2) is 0 Å². The molecule has 5 heteroatoms. The van der Waals surface area contributed by atoms with Gasteiger partial charge in [0.1, 0.15) is 0 Å². The highest BCUT2D eigenvalue weighted by molar-refractivity contribution is 7.12. The van der Waals surface area contributed by atoms with Crippen LogP contribution < -0.4 is 11.3 Å². The number of nitrogen functional groups attached to an aromatic ring is 1. The predicted octanol–water partition coefficient (Wildman–Crippen LogP) is 2.06. The van der Waals surface area contributed by atoms with Gasteiger partial charge in [0.25, 0.3) is 5.91 Å². The molecule has 1 amide bonds. The van der Waals surface area contributed by atoms with E-state index in [1.807, 2.05) is 11.4 Å². The van der Waals surface area contributed by atoms with Crippen LogP contribution in [0.3, 0.4) is 0 Å². The molecule has 1 aromatic rings. The van der Waals surface area contributed by atoms with Crippen molar-refractivity contribution >= 4 is 17.2 Å². The molecule has 94 valence electrons. The normalized spacial score (nSPS) is 16.3. The minimum atomic E-state index is -0.237. The van der Waals surface area contributed by atoms with Crippen LogP contribution in [-0.4, -0.2) is 12.5 Å². The first kappa shape index (κ1) is 12.5. The lowest BCUT2D eigenvalue weighted by molar-refractivity contribution is 0.0861. The molecule has 0 aromatic carbocycles. The molecule has 2 rings (SSSR count). The summed E-state index contributed by atoms with van der Waals surface area (Å²) in [4.78, 5) is 12.1. The fourth-order valence-electron chi connectivity index (χ4n) is 2.23. The Morgan fingerprint density at radius 2 is 2.29 bits per heavy atom. The van der Waals surface area contributed by atoms with Crippen molar-refractivity contribution in [1.29, 1.82) is 0 Å². The van der Waals surface area contributed by atoms with E-state index >= 15 is 0 Å². The quantitative estimate of drug-likeness (QED) is 0.480. The van der Waals surface area contributed by atoms with Gasteiger partial charge in [-0.2, -0.15) is 0 Å². The predicted molar refractivity (Wildman–Crippen MR) is 67.6 cm³/mol. The summed E-state index contributed by atoms with van der Waals surface area (Å²) >= 11 is 1.39. The van der Waals surface area contributed by atoms with Gasteiger partial charge in [-0.05, 0) is 30.2 Å². The molecule has 0 bridgehead atoms. The minimum Gasteiger partial charge on any atom is -0.376 e. The molecule has 1 aliphatic rings. The third-order valence-corrected chi connectivity index (χ3v) is 4.13. The second-order valence-electron chi connectivity index (χ2n) is 4.41. The summed E-state index contributed by atoms with van der Waals surface area (Å²) in [5.41, 5.74) is 3.08. The number of ether oxygens (including phenoxy) is 1. The van der Waals surface area contributed by atoms with Crippen LogP contribution in [0.2, 0.25) is 0 Å². The van der Waals surface area contributed by atoms with Crippen LogP contribution in [0.15, 0.2) is 11.4 Å². The van der Waals surface area contributed by atoms with E-state index in [9.17, 15) is 4.79 Å². The maximum absolute atomic E-state index is 11.4. The molecule has 3 N–H and O–H groups in total. The zero-order chi connectivity index (χ0) is 12.1. The first-order chi connectivity index (χ1) is 8.31. The molecule has 0 unspecified atom stereocenters. The molecule has 1 fully saturated rings. The van der Waals surface area contributed by atoms with Crippen LogP contribution in [0.1, 0.15) is 40.9 Å². The van der Waals surface area contributed by atoms with Crippen molar-refractivity contribution in [1.82, 2.24) is 5.43 Å². The Balaban J connectivity index is 1.82. The number of nitrogens with two attached hydrogens (primary N) is 1. The van der Waals surface area contributed by atoms with E-state index in [-0.39, 0.29) is 5.91 Å². The molecule has 0 atom stereocenters. The molecule has 1 heterocycles. The highest BCUT2D eigenvalue weighted by Crippen LogP contribution is 2.25. The Hall–Kier alpha value is -0.910. The Labute approximate surface area is 105 Å². The lowest BCUT2D eigenvalue weighted by atomic mass is 10.1. The van der Waals surface area contributed by atoms with E-state index < -0.39 is 0 Å². The van der Waals surface area contributed by atoms with Gasteiger partial charge in [0, 0.05) is 12.2 Å². The standard InChI is InChI=1S/C12H18N2O2S/c13-14-12(15)11-10(5-6-17-11)8-16-7-9-3-1-2-4-9/h5-6,9H,1-4,7-8,13H2,(H,14,15). The molecule has 1 aromatic heterocycles. The summed E-state index contributed by atoms with van der Waals surface area (Å²) in [6.45, 7) is 1.31. The largest absolute Gasteiger partial charge is 0.376 e. The van der Waals surface area contributed by atoms with E-state index in [1.54, 1.807) is 0 Å². The van der Waals surface area contributed by atoms with Crippen LogP contribution in [-0.2, 0) is 11.3 Å². The monoisotopic (exact) mass is 254 g/mol. The SMILES string of the molecule is NNC(=O)c1sccc1COCC1CCCC1. The average Bonchev–Trinajstić information content (AvgIpc) is 2.99. The molecular weight excluding hydrogens is 236 g/mol. The number of hydrazine groups is 1. The number of carbonyl (C=O) groups excluding carboxylic acids is 1. The molecular formula is C12H18N2O2S. The van der Waals surface area contributed by atoms with Gasteiger partial charge < -0.3 is 4.74 Å². The lowest BCUT2D eigenvalue weighted by Crippen LogP contribution is -2.30. The van der Waals surface area contributed by atoms with Crippen molar-refractivity contribution in [2.75, 3.05) is 6.61 Å². The Morgan fingerprint density at radius 1 is 1.53 bits per heavy atom. The van der Waals surface area contributed by atoms with E-state index in [0.717, 1.165) is 12.2 Å². The van der Waals surface area contributed by atoms with Crippen molar-refractivity contribution in [3.05, 3.63) is 21.9 Å². The zero-order valence-corrected chi connectivity index (χ0v) is 10.6. The average molecular weight is 254 g/mol. The molecule has 4 nitrogen and oxygen atoms in total. The summed E-state index contributed by atoms with van der Waals surface area (Å²) in [7, 11) is 0. The molecule has 17 heavy (non-hydrogen) atoms. The third kappa shape index (κ3) is 3.28. The number of rotatable bonds is 5. The highest BCUT2D eigenvalue weighted by Gasteiger charge is 2.16. The fourth-order valence-corrected chi connectivity index (χ4v) is 3.04. The van der Waals surface area contributed by atoms with Crippen molar-refractivity contribution in [2.24, 2.45) is 11.8 Å². The zero-order valence-electron chi connectivity index (χ0n) is 9.78. The molecule has 1 aliphatic carbocycles. The van der Waals surface area contributed by atoms with Gasteiger partial charge in [0.05, 0.1) is 11.5 Å². The van der Waals surface area contributed by atoms with Gasteiger partial charge in [-0.3, -0.25) is 10.2 Å². The Kier molecular flexibility index (Phi) is 4.53. The molecule has 0 radical (unpaired) electrons. The first-order valence-corrected chi connectivity index (χ1v) is 6.84. The smallest absolute Gasteiger partial charge is 0.275 e. The Bertz CT molecular complexity index is 372. The maximum atomic E-state index is 11.4. The highest BCUT2D eigenvalue weighted by atomic mass is 32.1. The van der Waals surface area contributed by atoms with Gasteiger partial charge in [-0.25, -0.2) is 5.84 Å². The van der Waals surface area contributed by atoms with Gasteiger partial charge in [-0.15, -0.1) is 11.3 Å². The molecule has 0 spiro atoms. The van der Waals surface area contributed by atoms with Crippen LogP contribution in [0.5, 0.6) is 0 Å². The van der Waals surface area contributed by atoms with E-state index in [2.05, 4.69) is 5.43 Å². The number of amides is 1. The van der Waals surface area contributed by atoms with E-state index in [1.165, 1.54) is 37.0 Å². The van der Waals surface area contributed by atoms with Gasteiger partial charge in [-0.1, -0.05) is 12.8 Å². The summed E-state index contributed by atoms with van der Waals surface area (Å²) < 4.78 is 5.68. The summed E-state index contributed by atoms with van der Waals surface area (Å²) in [5.74, 6) is 5.60. The van der Waals surface area contributed by atoms with Gasteiger partial charge >= 0.3 is 0 Å². The van der Waals surface area contributed by atoms with Crippen molar-refractivity contribution in [2.45, 2.75) is 32.3 Å². The summed E-state index contributed by atoms with van der Waals surface area (Å²) in [6.07, 6.45) is 5.21. The number of carbonyl (C=O) groups is 1. The fraction of sp³-hybridized carbons (Fsp3) is 0.583. The lowest BCUT2D eigenvalue weighted by Gasteiger charge is -2.09. The van der Waals surface area contributed by atoms with Crippen LogP contribution in [0, 0.1) is 5.92 Å².